The molecule has 0 bridgehead atoms. The number of nitrogens with one attached hydrogen (secondary N) is 1. The molecule has 0 saturated heterocycles. The van der Waals surface area contributed by atoms with Crippen LogP contribution in [0.3, 0.4) is 0 Å². The van der Waals surface area contributed by atoms with Gasteiger partial charge in [0.05, 0.1) is 23.7 Å². The van der Waals surface area contributed by atoms with Gasteiger partial charge in [-0.2, -0.15) is 0 Å². The van der Waals surface area contributed by atoms with Gasteiger partial charge in [-0.25, -0.2) is 4.98 Å². The molecule has 7 nitrogen and oxygen atoms in total. The maximum absolute atomic E-state index is 13.8. The molecule has 1 aromatic heterocycles. The Labute approximate surface area is 196 Å². The van der Waals surface area contributed by atoms with Gasteiger partial charge in [0.25, 0.3) is 5.91 Å². The minimum atomic E-state index is -0.994. The molecule has 0 spiro atoms. The minimum absolute atomic E-state index is 0.0741. The van der Waals surface area contributed by atoms with Crippen LogP contribution in [-0.2, 0) is 16.1 Å². The third-order valence-electron chi connectivity index (χ3n) is 7.64. The summed E-state index contributed by atoms with van der Waals surface area (Å²) in [6.07, 6.45) is 4.12. The Hall–Kier alpha value is -2.41. The highest BCUT2D eigenvalue weighted by molar-refractivity contribution is 6.01. The molecule has 33 heavy (non-hydrogen) atoms. The molecule has 4 atom stereocenters. The van der Waals surface area contributed by atoms with E-state index in [4.69, 9.17) is 4.74 Å². The van der Waals surface area contributed by atoms with Gasteiger partial charge in [0.1, 0.15) is 5.54 Å². The number of ether oxygens (including phenoxy) is 1. The van der Waals surface area contributed by atoms with Gasteiger partial charge in [0.15, 0.2) is 5.82 Å². The van der Waals surface area contributed by atoms with E-state index in [-0.39, 0.29) is 24.0 Å². The first-order chi connectivity index (χ1) is 15.7. The lowest BCUT2D eigenvalue weighted by Gasteiger charge is -2.45. The first-order valence-electron chi connectivity index (χ1n) is 12.4. The Morgan fingerprint density at radius 2 is 2.03 bits per heavy atom. The molecule has 0 radical (unpaired) electrons. The standard InChI is InChI=1S/C26H38N4O3/c1-17(2)33-15-9-14-30-24(31)23-27-21-11-6-7-13-22(21)29(23)16-26(30,5)25(32)28-20-12-8-10-18(3)19(20)4/h6-7,11,13,17-20H,8-10,12,14-16H2,1-5H3,(H,28,32)/t18-,19-,20-,26-/m1/s1. The number of aromatic nitrogens is 2. The number of carbonyl (C=O) groups is 2. The lowest BCUT2D eigenvalue weighted by molar-refractivity contribution is -0.134. The van der Waals surface area contributed by atoms with E-state index in [1.54, 1.807) is 4.90 Å². The molecule has 1 aliphatic heterocycles. The lowest BCUT2D eigenvalue weighted by atomic mass is 9.77. The number of hydrogen-bond acceptors (Lipinski definition) is 4. The maximum Gasteiger partial charge on any atom is 0.290 e. The molecule has 1 fully saturated rings. The van der Waals surface area contributed by atoms with E-state index in [1.165, 1.54) is 6.42 Å². The van der Waals surface area contributed by atoms with E-state index in [1.807, 2.05) is 49.6 Å². The van der Waals surface area contributed by atoms with Gasteiger partial charge in [-0.1, -0.05) is 38.8 Å². The number of hydrogen-bond donors (Lipinski definition) is 1. The first kappa shape index (κ1) is 23.7. The third kappa shape index (κ3) is 4.52. The molecule has 2 aromatic rings. The van der Waals surface area contributed by atoms with Crippen molar-refractivity contribution in [3.05, 3.63) is 30.1 Å². The second-order valence-corrected chi connectivity index (χ2v) is 10.4. The fraction of sp³-hybridized carbons (Fsp3) is 0.654. The highest BCUT2D eigenvalue weighted by Crippen LogP contribution is 2.33. The van der Waals surface area contributed by atoms with Crippen LogP contribution < -0.4 is 5.32 Å². The molecular weight excluding hydrogens is 416 g/mol. The Morgan fingerprint density at radius 3 is 2.79 bits per heavy atom. The van der Waals surface area contributed by atoms with Crippen LogP contribution in [0, 0.1) is 11.8 Å². The van der Waals surface area contributed by atoms with Crippen molar-refractivity contribution in [2.45, 2.75) is 84.5 Å². The van der Waals surface area contributed by atoms with Gasteiger partial charge >= 0.3 is 0 Å². The van der Waals surface area contributed by atoms with Crippen LogP contribution in [0.1, 0.15) is 70.9 Å². The van der Waals surface area contributed by atoms with E-state index in [2.05, 4.69) is 24.1 Å². The van der Waals surface area contributed by atoms with Crippen molar-refractivity contribution in [1.82, 2.24) is 19.8 Å². The van der Waals surface area contributed by atoms with Gasteiger partial charge in [-0.3, -0.25) is 9.59 Å². The summed E-state index contributed by atoms with van der Waals surface area (Å²) in [5, 5.41) is 3.34. The smallest absolute Gasteiger partial charge is 0.290 e. The zero-order chi connectivity index (χ0) is 23.8. The van der Waals surface area contributed by atoms with Gasteiger partial charge in [-0.15, -0.1) is 0 Å². The average molecular weight is 455 g/mol. The molecule has 1 saturated carbocycles. The van der Waals surface area contributed by atoms with Gasteiger partial charge in [-0.05, 0) is 57.6 Å². The molecule has 1 aliphatic carbocycles. The van der Waals surface area contributed by atoms with Crippen LogP contribution in [0.25, 0.3) is 11.0 Å². The second-order valence-electron chi connectivity index (χ2n) is 10.4. The SMILES string of the molecule is CC(C)OCCCN1C(=O)c2nc3ccccc3n2C[C@]1(C)C(=O)N[C@@H]1CCC[C@@H](C)[C@H]1C. The van der Waals surface area contributed by atoms with Crippen molar-refractivity contribution in [1.29, 1.82) is 0 Å². The molecule has 1 N–H and O–H groups in total. The zero-order valence-corrected chi connectivity index (χ0v) is 20.6. The number of amides is 2. The number of para-hydroxylation sites is 2. The Morgan fingerprint density at radius 1 is 1.27 bits per heavy atom. The molecule has 180 valence electrons. The summed E-state index contributed by atoms with van der Waals surface area (Å²) in [7, 11) is 0. The molecule has 2 aliphatic rings. The lowest BCUT2D eigenvalue weighted by Crippen LogP contribution is -2.65. The number of nitrogens with zero attached hydrogens (tertiary/aromatic N) is 3. The summed E-state index contributed by atoms with van der Waals surface area (Å²) in [6, 6.07) is 7.89. The minimum Gasteiger partial charge on any atom is -0.379 e. The van der Waals surface area contributed by atoms with E-state index < -0.39 is 5.54 Å². The predicted molar refractivity (Wildman–Crippen MR) is 129 cm³/mol. The van der Waals surface area contributed by atoms with Gasteiger partial charge in [0.2, 0.25) is 5.91 Å². The van der Waals surface area contributed by atoms with Crippen LogP contribution in [0.2, 0.25) is 0 Å². The largest absolute Gasteiger partial charge is 0.379 e. The molecule has 7 heteroatoms. The summed E-state index contributed by atoms with van der Waals surface area (Å²) in [4.78, 5) is 33.8. The normalized spacial score (nSPS) is 27.8. The van der Waals surface area contributed by atoms with Gasteiger partial charge in [0, 0.05) is 19.2 Å². The molecule has 1 aromatic carbocycles. The number of carbonyl (C=O) groups excluding carboxylic acids is 2. The van der Waals surface area contributed by atoms with Crippen molar-refractivity contribution < 1.29 is 14.3 Å². The molecule has 2 heterocycles. The summed E-state index contributed by atoms with van der Waals surface area (Å²) in [6.45, 7) is 11.8. The zero-order valence-electron chi connectivity index (χ0n) is 20.6. The van der Waals surface area contributed by atoms with Crippen molar-refractivity contribution in [3.8, 4) is 0 Å². The van der Waals surface area contributed by atoms with Crippen LogP contribution in [-0.4, -0.2) is 57.1 Å². The van der Waals surface area contributed by atoms with Gasteiger partial charge < -0.3 is 19.5 Å². The number of benzene rings is 1. The molecule has 0 unspecified atom stereocenters. The second kappa shape index (κ2) is 9.45. The molecule has 2 amide bonds. The van der Waals surface area contributed by atoms with Crippen molar-refractivity contribution >= 4 is 22.8 Å². The number of imidazole rings is 1. The Bertz CT molecular complexity index is 1020. The summed E-state index contributed by atoms with van der Waals surface area (Å²) in [5.74, 6) is 1.15. The molecule has 4 rings (SSSR count). The number of fused-ring (bicyclic) bond motifs is 3. The Balaban J connectivity index is 1.64. The van der Waals surface area contributed by atoms with Crippen LogP contribution >= 0.6 is 0 Å². The van der Waals surface area contributed by atoms with E-state index in [0.717, 1.165) is 23.9 Å². The fourth-order valence-corrected chi connectivity index (χ4v) is 5.33. The summed E-state index contributed by atoms with van der Waals surface area (Å²) < 4.78 is 7.62. The quantitative estimate of drug-likeness (QED) is 0.642. The van der Waals surface area contributed by atoms with Crippen LogP contribution in [0.4, 0.5) is 0 Å². The Kier molecular flexibility index (Phi) is 6.80. The summed E-state index contributed by atoms with van der Waals surface area (Å²) in [5.41, 5.74) is 0.678. The maximum atomic E-state index is 13.8. The highest BCUT2D eigenvalue weighted by atomic mass is 16.5. The summed E-state index contributed by atoms with van der Waals surface area (Å²) >= 11 is 0. The first-order valence-corrected chi connectivity index (χ1v) is 12.4. The molecular formula is C26H38N4O3. The highest BCUT2D eigenvalue weighted by Gasteiger charge is 2.49. The van der Waals surface area contributed by atoms with Crippen molar-refractivity contribution in [2.24, 2.45) is 11.8 Å². The van der Waals surface area contributed by atoms with Crippen molar-refractivity contribution in [3.63, 3.8) is 0 Å². The van der Waals surface area contributed by atoms with Crippen LogP contribution in [0.5, 0.6) is 0 Å². The average Bonchev–Trinajstić information content (AvgIpc) is 3.14. The van der Waals surface area contributed by atoms with E-state index >= 15 is 0 Å². The number of rotatable bonds is 7. The van der Waals surface area contributed by atoms with Crippen molar-refractivity contribution in [2.75, 3.05) is 13.2 Å². The third-order valence-corrected chi connectivity index (χ3v) is 7.64. The predicted octanol–water partition coefficient (Wildman–Crippen LogP) is 4.01. The fourth-order valence-electron chi connectivity index (χ4n) is 5.33. The van der Waals surface area contributed by atoms with E-state index in [0.29, 0.717) is 43.8 Å². The van der Waals surface area contributed by atoms with E-state index in [9.17, 15) is 9.59 Å². The van der Waals surface area contributed by atoms with Crippen LogP contribution in [0.15, 0.2) is 24.3 Å². The topological polar surface area (TPSA) is 76.5 Å². The monoisotopic (exact) mass is 454 g/mol.